The smallest absolute Gasteiger partial charge is 0.408 e. The minimum atomic E-state index is -1.36. The molecule has 2 amide bonds. The maximum Gasteiger partial charge on any atom is 0.408 e. The van der Waals surface area contributed by atoms with Crippen LogP contribution in [0.1, 0.15) is 46.4 Å². The van der Waals surface area contributed by atoms with Crippen molar-refractivity contribution in [3.8, 4) is 5.75 Å². The van der Waals surface area contributed by atoms with E-state index in [1.54, 1.807) is 25.1 Å². The third kappa shape index (κ3) is 4.23. The summed E-state index contributed by atoms with van der Waals surface area (Å²) in [6.07, 6.45) is -2.38. The lowest BCUT2D eigenvalue weighted by Crippen LogP contribution is -2.61. The van der Waals surface area contributed by atoms with Crippen LogP contribution in [0.3, 0.4) is 0 Å². The Morgan fingerprint density at radius 1 is 0.972 bits per heavy atom. The van der Waals surface area contributed by atoms with Crippen LogP contribution in [0.25, 0.3) is 0 Å². The van der Waals surface area contributed by atoms with Crippen molar-refractivity contribution in [2.24, 2.45) is 0 Å². The fourth-order valence-corrected chi connectivity index (χ4v) is 4.63. The molecular formula is C23H24N4O9. The number of rotatable bonds is 4. The number of hydrogen-bond donors (Lipinski definition) is 2. The number of hydrogen-bond acceptors (Lipinski definition) is 8. The quantitative estimate of drug-likeness (QED) is 0.588. The Bertz CT molecular complexity index is 1270. The van der Waals surface area contributed by atoms with E-state index in [-0.39, 0.29) is 57.0 Å². The Balaban J connectivity index is 1.86. The van der Waals surface area contributed by atoms with Crippen LogP contribution in [-0.4, -0.2) is 79.9 Å². The second-order valence-corrected chi connectivity index (χ2v) is 8.28. The predicted molar refractivity (Wildman–Crippen MR) is 121 cm³/mol. The summed E-state index contributed by atoms with van der Waals surface area (Å²) in [6.45, 7) is 1.31. The van der Waals surface area contributed by atoms with Crippen molar-refractivity contribution in [3.63, 3.8) is 0 Å². The number of piperidine rings is 1. The van der Waals surface area contributed by atoms with E-state index in [4.69, 9.17) is 9.47 Å². The summed E-state index contributed by atoms with van der Waals surface area (Å²) in [5, 5.41) is 19.3. The Morgan fingerprint density at radius 3 is 2.22 bits per heavy atom. The molecule has 1 spiro atoms. The number of esters is 2. The highest BCUT2D eigenvalue weighted by Gasteiger charge is 2.51. The van der Waals surface area contributed by atoms with Gasteiger partial charge in [-0.25, -0.2) is 24.2 Å². The zero-order chi connectivity index (χ0) is 26.0. The molecule has 0 radical (unpaired) electrons. The Labute approximate surface area is 204 Å². The number of carbonyl (C=O) groups excluding carboxylic acids is 2. The third-order valence-corrected chi connectivity index (χ3v) is 6.37. The van der Waals surface area contributed by atoms with Crippen LogP contribution in [0.2, 0.25) is 0 Å². The van der Waals surface area contributed by atoms with Crippen LogP contribution in [0.15, 0.2) is 35.1 Å². The molecule has 2 N–H and O–H groups in total. The molecule has 1 saturated heterocycles. The first kappa shape index (κ1) is 24.7. The van der Waals surface area contributed by atoms with Gasteiger partial charge in [-0.3, -0.25) is 14.3 Å². The summed E-state index contributed by atoms with van der Waals surface area (Å²) in [5.41, 5.74) is -2.61. The molecule has 3 heterocycles. The molecule has 13 nitrogen and oxygen atoms in total. The summed E-state index contributed by atoms with van der Waals surface area (Å²) in [4.78, 5) is 69.3. The van der Waals surface area contributed by atoms with Crippen molar-refractivity contribution >= 4 is 24.1 Å². The van der Waals surface area contributed by atoms with Crippen molar-refractivity contribution < 1.29 is 38.9 Å². The van der Waals surface area contributed by atoms with Gasteiger partial charge in [-0.15, -0.1) is 0 Å². The monoisotopic (exact) mass is 500 g/mol. The standard InChI is InChI=1S/C23H24N4O9/c1-2-35-19(30)15-16(36-18(29)14-6-4-3-5-7-14)17(28)26-12-13-27(22(33)34)23(20(26)24-15)8-10-25(11-9-23)21(31)32/h3-7H,2,8-13H2,1H3,(H,31,32)(H,33,34). The van der Waals surface area contributed by atoms with Gasteiger partial charge < -0.3 is 24.6 Å². The molecule has 1 aromatic carbocycles. The summed E-state index contributed by atoms with van der Waals surface area (Å²) in [5.74, 6) is -2.53. The van der Waals surface area contributed by atoms with Gasteiger partial charge in [-0.05, 0) is 31.9 Å². The molecule has 13 heteroatoms. The number of carbonyl (C=O) groups is 4. The largest absolute Gasteiger partial charge is 0.465 e. The fourth-order valence-electron chi connectivity index (χ4n) is 4.63. The van der Waals surface area contributed by atoms with Gasteiger partial charge in [0.25, 0.3) is 5.56 Å². The summed E-state index contributed by atoms with van der Waals surface area (Å²) < 4.78 is 11.6. The van der Waals surface area contributed by atoms with Crippen LogP contribution >= 0.6 is 0 Å². The molecule has 2 aromatic rings. The van der Waals surface area contributed by atoms with E-state index in [0.717, 1.165) is 9.80 Å². The molecule has 0 aliphatic carbocycles. The molecule has 1 fully saturated rings. The second-order valence-electron chi connectivity index (χ2n) is 8.28. The van der Waals surface area contributed by atoms with E-state index in [0.29, 0.717) is 0 Å². The van der Waals surface area contributed by atoms with Crippen molar-refractivity contribution in [2.75, 3.05) is 26.2 Å². The lowest BCUT2D eigenvalue weighted by atomic mass is 9.83. The topological polar surface area (TPSA) is 169 Å². The first-order valence-corrected chi connectivity index (χ1v) is 11.3. The van der Waals surface area contributed by atoms with E-state index < -0.39 is 46.7 Å². The maximum absolute atomic E-state index is 13.6. The lowest BCUT2D eigenvalue weighted by molar-refractivity contribution is 0.00126. The SMILES string of the molecule is CCOC(=O)c1nc2n(c(=O)c1OC(=O)c1ccccc1)CCN(C(=O)O)C21CCN(C(=O)O)CC1. The van der Waals surface area contributed by atoms with Gasteiger partial charge in [0.2, 0.25) is 5.75 Å². The second kappa shape index (κ2) is 9.68. The molecule has 2 aliphatic rings. The number of amides is 2. The van der Waals surface area contributed by atoms with Crippen molar-refractivity contribution in [1.82, 2.24) is 19.4 Å². The number of likely N-dealkylation sites (tertiary alicyclic amines) is 1. The molecule has 0 unspecified atom stereocenters. The van der Waals surface area contributed by atoms with Crippen LogP contribution in [0.4, 0.5) is 9.59 Å². The van der Waals surface area contributed by atoms with E-state index >= 15 is 0 Å². The van der Waals surface area contributed by atoms with Gasteiger partial charge >= 0.3 is 24.1 Å². The average molecular weight is 500 g/mol. The maximum atomic E-state index is 13.6. The van der Waals surface area contributed by atoms with Crippen molar-refractivity contribution in [2.45, 2.75) is 31.8 Å². The Hall–Kier alpha value is -4.42. The average Bonchev–Trinajstić information content (AvgIpc) is 2.86. The Kier molecular flexibility index (Phi) is 6.64. The van der Waals surface area contributed by atoms with E-state index in [2.05, 4.69) is 4.98 Å². The molecule has 1 aromatic heterocycles. The minimum Gasteiger partial charge on any atom is -0.465 e. The van der Waals surface area contributed by atoms with Crippen molar-refractivity contribution in [3.05, 3.63) is 57.8 Å². The van der Waals surface area contributed by atoms with Gasteiger partial charge in [0.15, 0.2) is 5.69 Å². The predicted octanol–water partition coefficient (Wildman–Crippen LogP) is 1.60. The zero-order valence-electron chi connectivity index (χ0n) is 19.4. The van der Waals surface area contributed by atoms with Gasteiger partial charge in [0, 0.05) is 26.2 Å². The third-order valence-electron chi connectivity index (χ3n) is 6.37. The molecule has 0 bridgehead atoms. The molecule has 0 atom stereocenters. The van der Waals surface area contributed by atoms with Crippen LogP contribution < -0.4 is 10.3 Å². The van der Waals surface area contributed by atoms with Crippen LogP contribution in [0, 0.1) is 0 Å². The summed E-state index contributed by atoms with van der Waals surface area (Å²) >= 11 is 0. The van der Waals surface area contributed by atoms with Gasteiger partial charge in [0.05, 0.1) is 12.2 Å². The van der Waals surface area contributed by atoms with Gasteiger partial charge in [0.1, 0.15) is 11.4 Å². The molecule has 4 rings (SSSR count). The number of nitrogens with zero attached hydrogens (tertiary/aromatic N) is 4. The molecule has 36 heavy (non-hydrogen) atoms. The van der Waals surface area contributed by atoms with Crippen molar-refractivity contribution in [1.29, 1.82) is 0 Å². The van der Waals surface area contributed by atoms with Crippen LogP contribution in [0.5, 0.6) is 5.75 Å². The summed E-state index contributed by atoms with van der Waals surface area (Å²) in [7, 11) is 0. The first-order valence-electron chi connectivity index (χ1n) is 11.3. The highest BCUT2D eigenvalue weighted by Crippen LogP contribution is 2.40. The normalized spacial score (nSPS) is 16.2. The van der Waals surface area contributed by atoms with E-state index in [1.165, 1.54) is 16.7 Å². The molecule has 190 valence electrons. The first-order chi connectivity index (χ1) is 17.2. The lowest BCUT2D eigenvalue weighted by Gasteiger charge is -2.49. The number of fused-ring (bicyclic) bond motifs is 2. The minimum absolute atomic E-state index is 0.00549. The molecule has 2 aliphatic heterocycles. The Morgan fingerprint density at radius 2 is 1.64 bits per heavy atom. The summed E-state index contributed by atoms with van der Waals surface area (Å²) in [6, 6.07) is 7.86. The molecular weight excluding hydrogens is 476 g/mol. The zero-order valence-corrected chi connectivity index (χ0v) is 19.4. The fraction of sp³-hybridized carbons (Fsp3) is 0.391. The van der Waals surface area contributed by atoms with Gasteiger partial charge in [-0.1, -0.05) is 18.2 Å². The molecule has 0 saturated carbocycles. The number of benzene rings is 1. The van der Waals surface area contributed by atoms with E-state index in [1.807, 2.05) is 0 Å². The number of ether oxygens (including phenoxy) is 2. The highest BCUT2D eigenvalue weighted by molar-refractivity contribution is 5.95. The highest BCUT2D eigenvalue weighted by atomic mass is 16.6. The van der Waals surface area contributed by atoms with Gasteiger partial charge in [-0.2, -0.15) is 0 Å². The number of carboxylic acid groups (broad SMARTS) is 2. The van der Waals surface area contributed by atoms with E-state index in [9.17, 15) is 34.2 Å². The number of aromatic nitrogens is 2. The van der Waals surface area contributed by atoms with Crippen LogP contribution in [-0.2, 0) is 16.8 Å².